The van der Waals surface area contributed by atoms with Gasteiger partial charge in [-0.25, -0.2) is 0 Å². The Labute approximate surface area is 106 Å². The van der Waals surface area contributed by atoms with Crippen LogP contribution in [0.1, 0.15) is 33.1 Å². The molecule has 3 heteroatoms. The van der Waals surface area contributed by atoms with Crippen LogP contribution in [0.2, 0.25) is 0 Å². The average molecular weight is 321 g/mol. The number of likely N-dealkylation sites (tertiary alicyclic amines) is 1. The molecule has 0 aromatic heterocycles. The standard InChI is InChI=1S/C12H20INO/c1-12(2,10-13)7-6-11(15)14-8-4-3-5-9-14/h6-7H,3-5,8-10H2,1-2H3/b7-6+. The SMILES string of the molecule is CC(C)(/C=C/C(=O)N1CCCCC1)CI. The van der Waals surface area contributed by atoms with E-state index in [9.17, 15) is 4.79 Å². The van der Waals surface area contributed by atoms with Crippen molar-refractivity contribution in [3.8, 4) is 0 Å². The maximum Gasteiger partial charge on any atom is 0.246 e. The Hall–Kier alpha value is -0.0600. The topological polar surface area (TPSA) is 20.3 Å². The molecule has 0 aliphatic carbocycles. The maximum absolute atomic E-state index is 11.8. The van der Waals surface area contributed by atoms with Crippen molar-refractivity contribution in [3.05, 3.63) is 12.2 Å². The number of nitrogens with zero attached hydrogens (tertiary/aromatic N) is 1. The van der Waals surface area contributed by atoms with Crippen LogP contribution in [0.3, 0.4) is 0 Å². The predicted octanol–water partition coefficient (Wildman–Crippen LogP) is 3.02. The Kier molecular flexibility index (Phi) is 5.09. The van der Waals surface area contributed by atoms with Gasteiger partial charge in [-0.2, -0.15) is 0 Å². The second kappa shape index (κ2) is 5.87. The highest BCUT2D eigenvalue weighted by Gasteiger charge is 2.16. The summed E-state index contributed by atoms with van der Waals surface area (Å²) in [5, 5.41) is 0. The molecule has 2 nitrogen and oxygen atoms in total. The molecule has 0 N–H and O–H groups in total. The number of carbonyl (C=O) groups is 1. The molecular formula is C12H20INO. The summed E-state index contributed by atoms with van der Waals surface area (Å²) in [6.45, 7) is 6.18. The van der Waals surface area contributed by atoms with Crippen LogP contribution in [0, 0.1) is 5.41 Å². The van der Waals surface area contributed by atoms with E-state index in [1.807, 2.05) is 11.0 Å². The molecule has 1 rings (SSSR count). The number of rotatable bonds is 3. The van der Waals surface area contributed by atoms with Crippen LogP contribution >= 0.6 is 22.6 Å². The Morgan fingerprint density at radius 2 is 1.93 bits per heavy atom. The van der Waals surface area contributed by atoms with E-state index < -0.39 is 0 Å². The van der Waals surface area contributed by atoms with Gasteiger partial charge in [0.15, 0.2) is 0 Å². The van der Waals surface area contributed by atoms with Crippen LogP contribution in [0.25, 0.3) is 0 Å². The number of piperidine rings is 1. The Balaban J connectivity index is 2.47. The first kappa shape index (κ1) is 13.0. The van der Waals surface area contributed by atoms with Crippen LogP contribution in [0.4, 0.5) is 0 Å². The second-order valence-electron chi connectivity index (χ2n) is 4.84. The quantitative estimate of drug-likeness (QED) is 0.444. The lowest BCUT2D eigenvalue weighted by Crippen LogP contribution is -2.34. The van der Waals surface area contributed by atoms with E-state index in [0.717, 1.165) is 30.4 Å². The van der Waals surface area contributed by atoms with Crippen molar-refractivity contribution in [2.75, 3.05) is 17.5 Å². The summed E-state index contributed by atoms with van der Waals surface area (Å²) in [5.74, 6) is 0.188. The molecule has 86 valence electrons. The van der Waals surface area contributed by atoms with Crippen molar-refractivity contribution in [2.45, 2.75) is 33.1 Å². The van der Waals surface area contributed by atoms with Crippen LogP contribution in [-0.4, -0.2) is 28.3 Å². The lowest BCUT2D eigenvalue weighted by Gasteiger charge is -2.26. The fourth-order valence-electron chi connectivity index (χ4n) is 1.56. The van der Waals surface area contributed by atoms with Gasteiger partial charge in [0, 0.05) is 17.5 Å². The molecule has 1 fully saturated rings. The first-order chi connectivity index (χ1) is 7.05. The smallest absolute Gasteiger partial charge is 0.246 e. The van der Waals surface area contributed by atoms with Crippen LogP contribution in [0.5, 0.6) is 0 Å². The first-order valence-corrected chi connectivity index (χ1v) is 7.12. The molecule has 0 unspecified atom stereocenters. The zero-order valence-corrected chi connectivity index (χ0v) is 11.8. The molecule has 0 aromatic carbocycles. The molecule has 0 aromatic rings. The molecule has 1 aliphatic heterocycles. The van der Waals surface area contributed by atoms with Crippen LogP contribution in [-0.2, 0) is 4.79 Å². The highest BCUT2D eigenvalue weighted by atomic mass is 127. The molecular weight excluding hydrogens is 301 g/mol. The normalized spacial score (nSPS) is 18.5. The van der Waals surface area contributed by atoms with Gasteiger partial charge in [0.25, 0.3) is 0 Å². The lowest BCUT2D eigenvalue weighted by molar-refractivity contribution is -0.126. The average Bonchev–Trinajstić information content (AvgIpc) is 2.27. The minimum absolute atomic E-state index is 0.131. The number of halogens is 1. The molecule has 1 saturated heterocycles. The Bertz CT molecular complexity index is 242. The van der Waals surface area contributed by atoms with E-state index >= 15 is 0 Å². The molecule has 0 bridgehead atoms. The third kappa shape index (κ3) is 4.53. The van der Waals surface area contributed by atoms with Crippen molar-refractivity contribution in [1.82, 2.24) is 4.90 Å². The van der Waals surface area contributed by atoms with E-state index in [1.54, 1.807) is 6.08 Å². The van der Waals surface area contributed by atoms with E-state index in [-0.39, 0.29) is 11.3 Å². The molecule has 1 amide bonds. The van der Waals surface area contributed by atoms with Gasteiger partial charge in [0.05, 0.1) is 0 Å². The summed E-state index contributed by atoms with van der Waals surface area (Å²) in [7, 11) is 0. The van der Waals surface area contributed by atoms with Crippen molar-refractivity contribution in [3.63, 3.8) is 0 Å². The number of allylic oxidation sites excluding steroid dienone is 1. The highest BCUT2D eigenvalue weighted by Crippen LogP contribution is 2.20. The molecule has 0 saturated carbocycles. The number of carbonyl (C=O) groups excluding carboxylic acids is 1. The molecule has 0 spiro atoms. The van der Waals surface area contributed by atoms with E-state index in [0.29, 0.717) is 0 Å². The summed E-state index contributed by atoms with van der Waals surface area (Å²) in [6.07, 6.45) is 7.39. The van der Waals surface area contributed by atoms with E-state index in [2.05, 4.69) is 36.4 Å². The highest BCUT2D eigenvalue weighted by molar-refractivity contribution is 14.1. The van der Waals surface area contributed by atoms with Crippen molar-refractivity contribution >= 4 is 28.5 Å². The fraction of sp³-hybridized carbons (Fsp3) is 0.750. The van der Waals surface area contributed by atoms with Gasteiger partial charge in [-0.15, -0.1) is 0 Å². The summed E-state index contributed by atoms with van der Waals surface area (Å²) in [6, 6.07) is 0. The van der Waals surface area contributed by atoms with Crippen molar-refractivity contribution < 1.29 is 4.79 Å². The molecule has 0 radical (unpaired) electrons. The molecule has 1 aliphatic rings. The summed E-state index contributed by atoms with van der Waals surface area (Å²) in [5.41, 5.74) is 0.131. The third-order valence-electron chi connectivity index (χ3n) is 2.69. The van der Waals surface area contributed by atoms with Gasteiger partial charge in [-0.3, -0.25) is 4.79 Å². The maximum atomic E-state index is 11.8. The summed E-state index contributed by atoms with van der Waals surface area (Å²) >= 11 is 2.36. The number of alkyl halides is 1. The zero-order valence-electron chi connectivity index (χ0n) is 9.63. The second-order valence-corrected chi connectivity index (χ2v) is 5.60. The minimum atomic E-state index is 0.131. The number of hydrogen-bond acceptors (Lipinski definition) is 1. The third-order valence-corrected chi connectivity index (χ3v) is 4.66. The minimum Gasteiger partial charge on any atom is -0.339 e. The van der Waals surface area contributed by atoms with Crippen molar-refractivity contribution in [1.29, 1.82) is 0 Å². The Morgan fingerprint density at radius 1 is 1.33 bits per heavy atom. The van der Waals surface area contributed by atoms with E-state index in [1.165, 1.54) is 6.42 Å². The molecule has 0 atom stereocenters. The lowest BCUT2D eigenvalue weighted by atomic mass is 9.96. The van der Waals surface area contributed by atoms with E-state index in [4.69, 9.17) is 0 Å². The van der Waals surface area contributed by atoms with Gasteiger partial charge in [-0.05, 0) is 30.8 Å². The number of amides is 1. The van der Waals surface area contributed by atoms with Crippen molar-refractivity contribution in [2.24, 2.45) is 5.41 Å². The fourth-order valence-corrected chi connectivity index (χ4v) is 1.82. The zero-order chi connectivity index (χ0) is 11.3. The first-order valence-electron chi connectivity index (χ1n) is 5.59. The number of hydrogen-bond donors (Lipinski definition) is 0. The molecule has 1 heterocycles. The predicted molar refractivity (Wildman–Crippen MR) is 72.2 cm³/mol. The van der Waals surface area contributed by atoms with Gasteiger partial charge >= 0.3 is 0 Å². The van der Waals surface area contributed by atoms with Crippen LogP contribution in [0.15, 0.2) is 12.2 Å². The van der Waals surface area contributed by atoms with Crippen LogP contribution < -0.4 is 0 Å². The summed E-state index contributed by atoms with van der Waals surface area (Å²) in [4.78, 5) is 13.8. The Morgan fingerprint density at radius 3 is 2.47 bits per heavy atom. The molecule has 15 heavy (non-hydrogen) atoms. The van der Waals surface area contributed by atoms with Gasteiger partial charge in [-0.1, -0.05) is 42.5 Å². The summed E-state index contributed by atoms with van der Waals surface area (Å²) < 4.78 is 1.04. The van der Waals surface area contributed by atoms with Gasteiger partial charge < -0.3 is 4.90 Å². The van der Waals surface area contributed by atoms with Gasteiger partial charge in [0.2, 0.25) is 5.91 Å². The van der Waals surface area contributed by atoms with Gasteiger partial charge in [0.1, 0.15) is 0 Å². The largest absolute Gasteiger partial charge is 0.339 e. The monoisotopic (exact) mass is 321 g/mol.